The molecular weight excluding hydrogens is 490 g/mol. The van der Waals surface area contributed by atoms with Crippen molar-refractivity contribution in [2.24, 2.45) is 0 Å². The second kappa shape index (κ2) is 8.91. The Kier molecular flexibility index (Phi) is 6.39. The fourth-order valence-electron chi connectivity index (χ4n) is 3.76. The monoisotopic (exact) mass is 510 g/mol. The first kappa shape index (κ1) is 25.1. The number of ether oxygens (including phenoxy) is 3. The van der Waals surface area contributed by atoms with Gasteiger partial charge in [0, 0.05) is 12.6 Å². The van der Waals surface area contributed by atoms with Gasteiger partial charge in [0.2, 0.25) is 0 Å². The van der Waals surface area contributed by atoms with Gasteiger partial charge in [0.05, 0.1) is 25.0 Å². The summed E-state index contributed by atoms with van der Waals surface area (Å²) in [6.45, 7) is 3.05. The van der Waals surface area contributed by atoms with E-state index in [1.807, 2.05) is 0 Å². The van der Waals surface area contributed by atoms with E-state index in [0.717, 1.165) is 6.20 Å². The van der Waals surface area contributed by atoms with E-state index in [-0.39, 0.29) is 19.0 Å². The summed E-state index contributed by atoms with van der Waals surface area (Å²) in [4.78, 5) is 19.3. The van der Waals surface area contributed by atoms with Crippen LogP contribution in [0.3, 0.4) is 0 Å². The predicted molar refractivity (Wildman–Crippen MR) is 104 cm³/mol. The number of nitrogens with zero attached hydrogens (tertiary/aromatic N) is 3. The van der Waals surface area contributed by atoms with Crippen molar-refractivity contribution in [1.82, 2.24) is 25.5 Å². The van der Waals surface area contributed by atoms with E-state index in [2.05, 4.69) is 25.7 Å². The smallest absolute Gasteiger partial charge is 0.371 e. The molecule has 4 rings (SSSR count). The number of fused-ring (bicyclic) bond motifs is 1. The topological polar surface area (TPSA) is 123 Å². The van der Waals surface area contributed by atoms with Gasteiger partial charge in [0.15, 0.2) is 17.2 Å². The molecule has 35 heavy (non-hydrogen) atoms. The first-order valence-electron chi connectivity index (χ1n) is 10.3. The Bertz CT molecular complexity index is 1070. The van der Waals surface area contributed by atoms with Gasteiger partial charge >= 0.3 is 12.4 Å². The molecule has 0 bridgehead atoms. The molecule has 0 saturated carbocycles. The van der Waals surface area contributed by atoms with E-state index >= 15 is 0 Å². The molecule has 2 aliphatic heterocycles. The molecule has 3 N–H and O–H groups in total. The summed E-state index contributed by atoms with van der Waals surface area (Å²) in [5.74, 6) is -2.09. The molecule has 10 nitrogen and oxygen atoms in total. The van der Waals surface area contributed by atoms with Crippen LogP contribution in [0.2, 0.25) is 0 Å². The SMILES string of the molecule is CC1(C)O[C@@H]2[C@H](O1)[C@@H](Nc1cncc(C(F)(F)F)n1)CO[C@@H]2CNC(=O)c1cc(C(F)(F)F)[nH]n1. The van der Waals surface area contributed by atoms with Crippen molar-refractivity contribution >= 4 is 11.7 Å². The summed E-state index contributed by atoms with van der Waals surface area (Å²) in [5, 5.41) is 10.4. The van der Waals surface area contributed by atoms with Crippen molar-refractivity contribution in [3.8, 4) is 0 Å². The average molecular weight is 510 g/mol. The largest absolute Gasteiger partial charge is 0.434 e. The number of halogens is 6. The zero-order valence-corrected chi connectivity index (χ0v) is 18.2. The number of amides is 1. The van der Waals surface area contributed by atoms with Gasteiger partial charge in [-0.25, -0.2) is 4.98 Å². The Morgan fingerprint density at radius 3 is 2.51 bits per heavy atom. The van der Waals surface area contributed by atoms with Gasteiger partial charge in [0.1, 0.15) is 29.8 Å². The number of hydrogen-bond acceptors (Lipinski definition) is 8. The molecule has 2 aromatic rings. The number of alkyl halides is 6. The number of anilines is 1. The van der Waals surface area contributed by atoms with E-state index in [1.54, 1.807) is 18.9 Å². The van der Waals surface area contributed by atoms with Crippen LogP contribution < -0.4 is 10.6 Å². The van der Waals surface area contributed by atoms with Gasteiger partial charge < -0.3 is 24.8 Å². The van der Waals surface area contributed by atoms with Gasteiger partial charge in [-0.05, 0) is 13.8 Å². The summed E-state index contributed by atoms with van der Waals surface area (Å²) >= 11 is 0. The number of aromatic amines is 1. The lowest BCUT2D eigenvalue weighted by Gasteiger charge is -2.37. The van der Waals surface area contributed by atoms with Crippen LogP contribution in [0.25, 0.3) is 0 Å². The number of hydrogen-bond donors (Lipinski definition) is 3. The fourth-order valence-corrected chi connectivity index (χ4v) is 3.76. The van der Waals surface area contributed by atoms with Gasteiger partial charge in [-0.3, -0.25) is 14.9 Å². The van der Waals surface area contributed by atoms with Crippen LogP contribution in [0, 0.1) is 0 Å². The van der Waals surface area contributed by atoms with Crippen molar-refractivity contribution in [3.05, 3.63) is 35.5 Å². The highest BCUT2D eigenvalue weighted by atomic mass is 19.4. The van der Waals surface area contributed by atoms with E-state index in [1.165, 1.54) is 0 Å². The fraction of sp³-hybridized carbons (Fsp3) is 0.579. The lowest BCUT2D eigenvalue weighted by atomic mass is 9.98. The summed E-state index contributed by atoms with van der Waals surface area (Å²) in [6, 6.07) is -0.0963. The average Bonchev–Trinajstić information content (AvgIpc) is 3.37. The molecular formula is C19H20F6N6O4. The number of carbonyl (C=O) groups is 1. The Hall–Kier alpha value is -2.98. The third-order valence-electron chi connectivity index (χ3n) is 5.25. The third-order valence-corrected chi connectivity index (χ3v) is 5.25. The molecule has 16 heteroatoms. The molecule has 4 atom stereocenters. The zero-order chi connectivity index (χ0) is 25.6. The number of carbonyl (C=O) groups excluding carboxylic acids is 1. The molecule has 0 aromatic carbocycles. The second-order valence-corrected chi connectivity index (χ2v) is 8.35. The minimum Gasteiger partial charge on any atom is -0.371 e. The van der Waals surface area contributed by atoms with Crippen molar-refractivity contribution in [2.75, 3.05) is 18.5 Å². The van der Waals surface area contributed by atoms with Crippen molar-refractivity contribution < 1.29 is 45.3 Å². The third kappa shape index (κ3) is 5.65. The lowest BCUT2D eigenvalue weighted by molar-refractivity contribution is -0.153. The number of aromatic nitrogens is 4. The van der Waals surface area contributed by atoms with E-state index in [9.17, 15) is 31.1 Å². The maximum atomic E-state index is 13.0. The molecule has 2 aliphatic rings. The molecule has 0 unspecified atom stereocenters. The standard InChI is InChI=1S/C19H20F6N6O4/c1-17(2)34-14-9(28-13-6-26-5-12(29-13)19(23,24)25)7-33-10(15(14)35-17)4-27-16(32)8-3-11(31-30-8)18(20,21)22/h3,5-6,9-10,14-15H,4,7H2,1-2H3,(H,27,32)(H,28,29)(H,30,31)/t9-,10+,14+,15-/m0/s1. The normalized spacial score (nSPS) is 26.3. The molecule has 0 spiro atoms. The van der Waals surface area contributed by atoms with Gasteiger partial charge in [-0.15, -0.1) is 0 Å². The van der Waals surface area contributed by atoms with Crippen LogP contribution >= 0.6 is 0 Å². The number of H-pyrrole nitrogens is 1. The highest BCUT2D eigenvalue weighted by Crippen LogP contribution is 2.36. The first-order valence-corrected chi connectivity index (χ1v) is 10.3. The van der Waals surface area contributed by atoms with Crippen LogP contribution in [0.5, 0.6) is 0 Å². The Labute approximate surface area is 193 Å². The highest BCUT2D eigenvalue weighted by Gasteiger charge is 2.52. The minimum absolute atomic E-state index is 0.0559. The van der Waals surface area contributed by atoms with E-state index in [4.69, 9.17) is 14.2 Å². The van der Waals surface area contributed by atoms with Crippen LogP contribution in [0.15, 0.2) is 18.5 Å². The Morgan fingerprint density at radius 1 is 1.14 bits per heavy atom. The minimum atomic E-state index is -4.68. The maximum Gasteiger partial charge on any atom is 0.434 e. The van der Waals surface area contributed by atoms with Crippen LogP contribution in [0.4, 0.5) is 32.2 Å². The molecule has 192 valence electrons. The molecule has 1 amide bonds. The molecule has 0 radical (unpaired) electrons. The maximum absolute atomic E-state index is 13.0. The van der Waals surface area contributed by atoms with E-state index < -0.39 is 65.5 Å². The van der Waals surface area contributed by atoms with Gasteiger partial charge in [-0.2, -0.15) is 31.4 Å². The number of rotatable bonds is 5. The Morgan fingerprint density at radius 2 is 1.86 bits per heavy atom. The Balaban J connectivity index is 1.42. The zero-order valence-electron chi connectivity index (χ0n) is 18.2. The van der Waals surface area contributed by atoms with Gasteiger partial charge in [0.25, 0.3) is 5.91 Å². The first-order chi connectivity index (χ1) is 16.2. The molecule has 4 heterocycles. The van der Waals surface area contributed by atoms with Crippen molar-refractivity contribution in [3.63, 3.8) is 0 Å². The lowest BCUT2D eigenvalue weighted by Crippen LogP contribution is -2.57. The molecule has 2 fully saturated rings. The quantitative estimate of drug-likeness (QED) is 0.524. The van der Waals surface area contributed by atoms with Crippen LogP contribution in [0.1, 0.15) is 35.7 Å². The van der Waals surface area contributed by atoms with Crippen molar-refractivity contribution in [1.29, 1.82) is 0 Å². The van der Waals surface area contributed by atoms with Crippen molar-refractivity contribution in [2.45, 2.75) is 56.3 Å². The summed E-state index contributed by atoms with van der Waals surface area (Å²) in [6.07, 6.45) is -9.88. The number of nitrogens with one attached hydrogen (secondary N) is 3. The molecule has 0 aliphatic carbocycles. The predicted octanol–water partition coefficient (Wildman–Crippen LogP) is 2.37. The van der Waals surface area contributed by atoms with Gasteiger partial charge in [-0.1, -0.05) is 0 Å². The van der Waals surface area contributed by atoms with Crippen LogP contribution in [-0.4, -0.2) is 69.4 Å². The summed E-state index contributed by atoms with van der Waals surface area (Å²) in [7, 11) is 0. The molecule has 2 saturated heterocycles. The molecule has 2 aromatic heterocycles. The highest BCUT2D eigenvalue weighted by molar-refractivity contribution is 5.92. The summed E-state index contributed by atoms with van der Waals surface area (Å²) < 4.78 is 94.5. The second-order valence-electron chi connectivity index (χ2n) is 8.35. The van der Waals surface area contributed by atoms with E-state index in [0.29, 0.717) is 12.3 Å². The summed E-state index contributed by atoms with van der Waals surface area (Å²) in [5.41, 5.74) is -2.80. The van der Waals surface area contributed by atoms with Crippen LogP contribution in [-0.2, 0) is 26.6 Å².